The molecule has 0 spiro atoms. The number of alkyl halides is 1. The number of esters is 3. The van der Waals surface area contributed by atoms with E-state index in [9.17, 15) is 18.9 Å². The van der Waals surface area contributed by atoms with Crippen molar-refractivity contribution in [2.24, 2.45) is 11.8 Å². The first-order chi connectivity index (χ1) is 23.8. The minimum absolute atomic E-state index is 0.0965. The summed E-state index contributed by atoms with van der Waals surface area (Å²) in [6.07, 6.45) is -3.65. The average Bonchev–Trinajstić information content (AvgIpc) is 3.62. The van der Waals surface area contributed by atoms with Gasteiger partial charge in [0, 0.05) is 0 Å². The van der Waals surface area contributed by atoms with Crippen LogP contribution in [0.5, 0.6) is 5.75 Å². The second kappa shape index (κ2) is 15.4. The number of nitrogens with two attached hydrogens (primary N) is 1. The first-order valence-corrected chi connectivity index (χ1v) is 17.6. The van der Waals surface area contributed by atoms with E-state index in [1.54, 1.807) is 58.0 Å². The van der Waals surface area contributed by atoms with Gasteiger partial charge in [-0.05, 0) is 31.2 Å². The van der Waals surface area contributed by atoms with E-state index in [1.165, 1.54) is 29.9 Å². The zero-order valence-corrected chi connectivity index (χ0v) is 29.1. The molecule has 2 saturated heterocycles. The van der Waals surface area contributed by atoms with Crippen molar-refractivity contribution in [3.8, 4) is 5.75 Å². The highest BCUT2D eigenvalue weighted by Gasteiger charge is 2.62. The van der Waals surface area contributed by atoms with E-state index in [4.69, 9.17) is 38.5 Å². The van der Waals surface area contributed by atoms with E-state index >= 15 is 4.39 Å². The normalized spacial score (nSPS) is 24.0. The first-order valence-electron chi connectivity index (χ1n) is 16.0. The molecule has 3 N–H and O–H groups in total. The number of nitrogens with zero attached hydrogens (tertiary/aromatic N) is 3. The van der Waals surface area contributed by atoms with E-state index in [2.05, 4.69) is 15.2 Å². The van der Waals surface area contributed by atoms with Crippen LogP contribution in [0.4, 0.5) is 10.2 Å². The molecule has 0 amide bonds. The summed E-state index contributed by atoms with van der Waals surface area (Å²) in [5.74, 6) is -3.30. The zero-order chi connectivity index (χ0) is 36.2. The summed E-state index contributed by atoms with van der Waals surface area (Å²) in [5.41, 5.74) is 4.45. The van der Waals surface area contributed by atoms with E-state index in [1.807, 2.05) is 0 Å². The maximum atomic E-state index is 15.7. The minimum atomic E-state index is -4.58. The molecule has 0 aliphatic carbocycles. The van der Waals surface area contributed by atoms with Crippen molar-refractivity contribution in [2.75, 3.05) is 32.2 Å². The smallest absolute Gasteiger partial charge is 0.456 e. The predicted octanol–water partition coefficient (Wildman–Crippen LogP) is 3.35. The molecule has 0 unspecified atom stereocenters. The van der Waals surface area contributed by atoms with Gasteiger partial charge in [0.15, 0.2) is 23.6 Å². The van der Waals surface area contributed by atoms with Gasteiger partial charge in [0.25, 0.3) is 0 Å². The molecule has 50 heavy (non-hydrogen) atoms. The molecular weight excluding hydrogens is 680 g/mol. The molecule has 2 fully saturated rings. The molecule has 0 bridgehead atoms. The number of ether oxygens (including phenoxy) is 5. The quantitative estimate of drug-likeness (QED) is 0.131. The van der Waals surface area contributed by atoms with Crippen molar-refractivity contribution in [1.29, 1.82) is 0 Å². The number of rotatable bonds is 15. The molecule has 2 aliphatic rings. The van der Waals surface area contributed by atoms with Crippen LogP contribution in [0.2, 0.25) is 0 Å². The summed E-state index contributed by atoms with van der Waals surface area (Å²) in [5, 5.41) is 6.79. The highest BCUT2D eigenvalue weighted by Crippen LogP contribution is 2.50. The molecule has 0 radical (unpaired) electrons. The van der Waals surface area contributed by atoms with Gasteiger partial charge in [-0.25, -0.2) is 18.5 Å². The van der Waals surface area contributed by atoms with Gasteiger partial charge in [-0.3, -0.25) is 18.9 Å². The molecule has 2 aromatic heterocycles. The van der Waals surface area contributed by atoms with E-state index in [0.29, 0.717) is 5.52 Å². The Hall–Kier alpha value is -4.15. The maximum Gasteiger partial charge on any atom is 0.459 e. The van der Waals surface area contributed by atoms with Crippen molar-refractivity contribution in [1.82, 2.24) is 19.7 Å². The van der Waals surface area contributed by atoms with Crippen molar-refractivity contribution < 1.29 is 56.1 Å². The number of benzene rings is 1. The Morgan fingerprint density at radius 2 is 1.70 bits per heavy atom. The largest absolute Gasteiger partial charge is 0.459 e. The number of hydrogen-bond donors (Lipinski definition) is 2. The molecule has 18 heteroatoms. The van der Waals surface area contributed by atoms with Crippen LogP contribution < -0.4 is 15.3 Å². The third kappa shape index (κ3) is 8.08. The lowest BCUT2D eigenvalue weighted by molar-refractivity contribution is -0.179. The molecule has 6 atom stereocenters. The van der Waals surface area contributed by atoms with Crippen LogP contribution in [0.1, 0.15) is 46.4 Å². The van der Waals surface area contributed by atoms with Gasteiger partial charge in [-0.15, -0.1) is 0 Å². The second-order valence-electron chi connectivity index (χ2n) is 12.6. The summed E-state index contributed by atoms with van der Waals surface area (Å²) in [6, 6.07) is 9.88. The van der Waals surface area contributed by atoms with Crippen LogP contribution in [0.25, 0.3) is 5.52 Å². The summed E-state index contributed by atoms with van der Waals surface area (Å²) in [4.78, 5) is 43.0. The number of halogens is 1. The van der Waals surface area contributed by atoms with E-state index in [-0.39, 0.29) is 30.5 Å². The number of hydrogen-bond acceptors (Lipinski definition) is 14. The van der Waals surface area contributed by atoms with Crippen molar-refractivity contribution in [3.05, 3.63) is 54.5 Å². The molecule has 3 aromatic rings. The highest BCUT2D eigenvalue weighted by molar-refractivity contribution is 7.52. The van der Waals surface area contributed by atoms with Crippen LogP contribution in [-0.4, -0.2) is 89.0 Å². The summed E-state index contributed by atoms with van der Waals surface area (Å²) in [6.45, 7) is 5.92. The summed E-state index contributed by atoms with van der Waals surface area (Å²) in [7, 11) is -4.58. The molecule has 4 heterocycles. The summed E-state index contributed by atoms with van der Waals surface area (Å²) >= 11 is 0. The average molecular weight is 722 g/mol. The van der Waals surface area contributed by atoms with E-state index < -0.39 is 86.8 Å². The maximum absolute atomic E-state index is 15.7. The fourth-order valence-electron chi connectivity index (χ4n) is 5.10. The van der Waals surface area contributed by atoms with Crippen molar-refractivity contribution >= 4 is 37.0 Å². The first kappa shape index (κ1) is 37.1. The topological polar surface area (TPSA) is 201 Å². The molecule has 2 aliphatic heterocycles. The fourth-order valence-corrected chi connectivity index (χ4v) is 6.64. The Bertz CT molecular complexity index is 1720. The second-order valence-corrected chi connectivity index (χ2v) is 14.3. The number of fused-ring (bicyclic) bond motifs is 1. The fraction of sp³-hybridized carbons (Fsp3) is 0.531. The van der Waals surface area contributed by atoms with Crippen LogP contribution >= 0.6 is 7.75 Å². The van der Waals surface area contributed by atoms with E-state index in [0.717, 1.165) is 0 Å². The third-order valence-corrected chi connectivity index (χ3v) is 9.61. The molecule has 0 saturated carbocycles. The molecule has 1 aromatic carbocycles. The Morgan fingerprint density at radius 3 is 2.32 bits per heavy atom. The molecule has 16 nitrogen and oxygen atoms in total. The van der Waals surface area contributed by atoms with Gasteiger partial charge in [0.2, 0.25) is 0 Å². The Morgan fingerprint density at radius 1 is 1.02 bits per heavy atom. The highest BCUT2D eigenvalue weighted by atomic mass is 31.2. The third-order valence-electron chi connectivity index (χ3n) is 7.99. The molecule has 5 rings (SSSR count). The standard InChI is InChI=1S/C32H41FN5O11P/c1-18(2)29(39)46-26-25(23-11-12-24-28(34)35-17-36-38(23)24)48-32(15-33,27(26)47-30(40)19(3)4)16-44-50(42,49-21-9-7-6-8-10-21)37-20(5)31(41)45-22-13-43-14-22/h6-12,17-20,22,25-27H,13-16H2,1-5H3,(H,37,42)(H2,34,35,36)/t20-,25-,26-,27-,32+,50-/m0/s1. The van der Waals surface area contributed by atoms with Gasteiger partial charge in [-0.2, -0.15) is 10.2 Å². The van der Waals surface area contributed by atoms with Gasteiger partial charge >= 0.3 is 25.7 Å². The predicted molar refractivity (Wildman–Crippen MR) is 173 cm³/mol. The van der Waals surface area contributed by atoms with Gasteiger partial charge in [0.1, 0.15) is 42.5 Å². The minimum Gasteiger partial charge on any atom is -0.456 e. The van der Waals surface area contributed by atoms with Crippen LogP contribution in [-0.2, 0) is 47.2 Å². The van der Waals surface area contributed by atoms with Crippen LogP contribution in [0.3, 0.4) is 0 Å². The monoisotopic (exact) mass is 721 g/mol. The van der Waals surface area contributed by atoms with Gasteiger partial charge < -0.3 is 33.9 Å². The number of nitrogens with one attached hydrogen (secondary N) is 1. The number of aromatic nitrogens is 3. The molecular formula is C32H41FN5O11P. The van der Waals surface area contributed by atoms with Crippen molar-refractivity contribution in [2.45, 2.75) is 70.7 Å². The number of carbonyl (C=O) groups is 3. The lowest BCUT2D eigenvalue weighted by Crippen LogP contribution is -2.52. The van der Waals surface area contributed by atoms with Crippen LogP contribution in [0, 0.1) is 11.8 Å². The Balaban J connectivity index is 1.53. The van der Waals surface area contributed by atoms with Gasteiger partial charge in [-0.1, -0.05) is 45.9 Å². The lowest BCUT2D eigenvalue weighted by atomic mass is 9.95. The zero-order valence-electron chi connectivity index (χ0n) is 28.2. The molecule has 272 valence electrons. The Labute approximate surface area is 287 Å². The van der Waals surface area contributed by atoms with Gasteiger partial charge in [0.05, 0.1) is 37.4 Å². The number of anilines is 1. The number of nitrogen functional groups attached to an aromatic ring is 1. The van der Waals surface area contributed by atoms with Crippen molar-refractivity contribution in [3.63, 3.8) is 0 Å². The number of para-hydroxylation sites is 1. The van der Waals surface area contributed by atoms with Crippen LogP contribution in [0.15, 0.2) is 48.8 Å². The Kier molecular flexibility index (Phi) is 11.4. The summed E-state index contributed by atoms with van der Waals surface area (Å²) < 4.78 is 71.5. The lowest BCUT2D eigenvalue weighted by Gasteiger charge is -2.34. The SMILES string of the molecule is CC(C)C(=O)O[C@H]1[C@H](c2ccc3c(N)ncnn23)O[C@](CF)(CO[P@@](=O)(N[C@@H](C)C(=O)OC2COC2)Oc2ccccc2)[C@H]1OC(=O)C(C)C. The number of carbonyl (C=O) groups excluding carboxylic acids is 3.